The highest BCUT2D eigenvalue weighted by atomic mass is 16.7. The van der Waals surface area contributed by atoms with Gasteiger partial charge in [-0.1, -0.05) is 6.07 Å². The molecule has 1 aromatic carbocycles. The first-order valence-electron chi connectivity index (χ1n) is 7.02. The summed E-state index contributed by atoms with van der Waals surface area (Å²) in [7, 11) is 4.13. The Morgan fingerprint density at radius 1 is 1.30 bits per heavy atom. The smallest absolute Gasteiger partial charge is 0.231 e. The lowest BCUT2D eigenvalue weighted by Gasteiger charge is -2.19. The minimum Gasteiger partial charge on any atom is -0.454 e. The molecule has 0 bridgehead atoms. The van der Waals surface area contributed by atoms with E-state index in [2.05, 4.69) is 31.2 Å². The molecule has 0 spiro atoms. The van der Waals surface area contributed by atoms with Crippen LogP contribution in [0.15, 0.2) is 18.2 Å². The van der Waals surface area contributed by atoms with Crippen LogP contribution in [0.25, 0.3) is 0 Å². The predicted molar refractivity (Wildman–Crippen MR) is 78.2 cm³/mol. The Bertz CT molecular complexity index is 437. The maximum atomic E-state index is 10.2. The van der Waals surface area contributed by atoms with Crippen molar-refractivity contribution in [2.24, 2.45) is 0 Å². The SMILES string of the molecule is CC(CCN(C)C)NCC(O)c1ccc2c(c1)OCO2. The maximum Gasteiger partial charge on any atom is 0.231 e. The summed E-state index contributed by atoms with van der Waals surface area (Å²) in [5, 5.41) is 13.6. The fourth-order valence-electron chi connectivity index (χ4n) is 2.10. The molecule has 20 heavy (non-hydrogen) atoms. The van der Waals surface area contributed by atoms with Crippen molar-refractivity contribution in [3.8, 4) is 11.5 Å². The molecule has 0 aliphatic carbocycles. The lowest BCUT2D eigenvalue weighted by Crippen LogP contribution is -2.32. The molecule has 2 atom stereocenters. The van der Waals surface area contributed by atoms with E-state index < -0.39 is 6.10 Å². The van der Waals surface area contributed by atoms with Crippen LogP contribution in [-0.2, 0) is 0 Å². The molecule has 0 amide bonds. The van der Waals surface area contributed by atoms with E-state index in [1.165, 1.54) is 0 Å². The normalized spacial score (nSPS) is 16.4. The zero-order chi connectivity index (χ0) is 14.5. The van der Waals surface area contributed by atoms with Crippen molar-refractivity contribution in [1.29, 1.82) is 0 Å². The number of aliphatic hydroxyl groups excluding tert-OH is 1. The zero-order valence-electron chi connectivity index (χ0n) is 12.4. The van der Waals surface area contributed by atoms with E-state index in [4.69, 9.17) is 9.47 Å². The van der Waals surface area contributed by atoms with Crippen LogP contribution in [0.1, 0.15) is 25.0 Å². The second-order valence-electron chi connectivity index (χ2n) is 5.53. The number of nitrogens with zero attached hydrogens (tertiary/aromatic N) is 1. The van der Waals surface area contributed by atoms with E-state index in [0.29, 0.717) is 18.3 Å². The third kappa shape index (κ3) is 4.10. The van der Waals surface area contributed by atoms with Gasteiger partial charge in [-0.2, -0.15) is 0 Å². The first-order chi connectivity index (χ1) is 9.56. The zero-order valence-corrected chi connectivity index (χ0v) is 12.4. The standard InChI is InChI=1S/C15H24N2O3/c1-11(6-7-17(2)3)16-9-13(18)12-4-5-14-15(8-12)20-10-19-14/h4-5,8,11,13,16,18H,6-7,9-10H2,1-3H3. The number of fused-ring (bicyclic) bond motifs is 1. The Morgan fingerprint density at radius 3 is 2.80 bits per heavy atom. The van der Waals surface area contributed by atoms with Crippen LogP contribution in [0.5, 0.6) is 11.5 Å². The summed E-state index contributed by atoms with van der Waals surface area (Å²) in [4.78, 5) is 2.16. The van der Waals surface area contributed by atoms with Gasteiger partial charge in [0.1, 0.15) is 0 Å². The largest absolute Gasteiger partial charge is 0.454 e. The molecule has 1 aliphatic heterocycles. The van der Waals surface area contributed by atoms with Gasteiger partial charge in [0.05, 0.1) is 6.10 Å². The molecule has 2 rings (SSSR count). The number of ether oxygens (including phenoxy) is 2. The van der Waals surface area contributed by atoms with E-state index in [0.717, 1.165) is 24.3 Å². The van der Waals surface area contributed by atoms with Crippen LogP contribution in [0.4, 0.5) is 0 Å². The summed E-state index contributed by atoms with van der Waals surface area (Å²) < 4.78 is 10.6. The molecule has 0 saturated carbocycles. The molecule has 112 valence electrons. The fraction of sp³-hybridized carbons (Fsp3) is 0.600. The van der Waals surface area contributed by atoms with Gasteiger partial charge in [-0.05, 0) is 51.7 Å². The average molecular weight is 280 g/mol. The van der Waals surface area contributed by atoms with Gasteiger partial charge in [0, 0.05) is 12.6 Å². The average Bonchev–Trinajstić information content (AvgIpc) is 2.89. The van der Waals surface area contributed by atoms with Crippen LogP contribution < -0.4 is 14.8 Å². The third-order valence-corrected chi connectivity index (χ3v) is 3.45. The molecule has 5 nitrogen and oxygen atoms in total. The van der Waals surface area contributed by atoms with Crippen LogP contribution >= 0.6 is 0 Å². The molecular formula is C15H24N2O3. The molecule has 1 heterocycles. The Kier molecular flexibility index (Phi) is 5.23. The lowest BCUT2D eigenvalue weighted by atomic mass is 10.1. The Balaban J connectivity index is 1.81. The van der Waals surface area contributed by atoms with Crippen LogP contribution in [-0.4, -0.2) is 50.0 Å². The van der Waals surface area contributed by atoms with Crippen LogP contribution in [0, 0.1) is 0 Å². The van der Waals surface area contributed by atoms with Crippen molar-refractivity contribution < 1.29 is 14.6 Å². The van der Waals surface area contributed by atoms with Gasteiger partial charge >= 0.3 is 0 Å². The number of nitrogens with one attached hydrogen (secondary N) is 1. The van der Waals surface area contributed by atoms with Crippen molar-refractivity contribution in [2.45, 2.75) is 25.5 Å². The topological polar surface area (TPSA) is 54.0 Å². The lowest BCUT2D eigenvalue weighted by molar-refractivity contribution is 0.167. The second kappa shape index (κ2) is 6.92. The van der Waals surface area contributed by atoms with Crippen molar-refractivity contribution >= 4 is 0 Å². The quantitative estimate of drug-likeness (QED) is 0.790. The van der Waals surface area contributed by atoms with Crippen LogP contribution in [0.3, 0.4) is 0 Å². The van der Waals surface area contributed by atoms with E-state index in [1.807, 2.05) is 18.2 Å². The van der Waals surface area contributed by atoms with E-state index in [1.54, 1.807) is 0 Å². The number of rotatable bonds is 7. The molecule has 2 unspecified atom stereocenters. The predicted octanol–water partition coefficient (Wildman–Crippen LogP) is 1.38. The van der Waals surface area contributed by atoms with Gasteiger partial charge in [0.2, 0.25) is 6.79 Å². The second-order valence-corrected chi connectivity index (χ2v) is 5.53. The van der Waals surface area contributed by atoms with Gasteiger partial charge in [0.15, 0.2) is 11.5 Å². The summed E-state index contributed by atoms with van der Waals surface area (Å²) in [5.74, 6) is 1.45. The fourth-order valence-corrected chi connectivity index (χ4v) is 2.10. The first kappa shape index (κ1) is 15.1. The van der Waals surface area contributed by atoms with Gasteiger partial charge < -0.3 is 24.8 Å². The molecule has 0 aromatic heterocycles. The van der Waals surface area contributed by atoms with E-state index in [9.17, 15) is 5.11 Å². The van der Waals surface area contributed by atoms with Gasteiger partial charge in [-0.25, -0.2) is 0 Å². The van der Waals surface area contributed by atoms with Crippen molar-refractivity contribution in [1.82, 2.24) is 10.2 Å². The van der Waals surface area contributed by atoms with Crippen molar-refractivity contribution in [3.63, 3.8) is 0 Å². The summed E-state index contributed by atoms with van der Waals surface area (Å²) in [6, 6.07) is 5.95. The molecule has 5 heteroatoms. The molecule has 0 fully saturated rings. The van der Waals surface area contributed by atoms with E-state index >= 15 is 0 Å². The number of hydrogen-bond acceptors (Lipinski definition) is 5. The number of benzene rings is 1. The Labute approximate surface area is 120 Å². The summed E-state index contributed by atoms with van der Waals surface area (Å²) in [5.41, 5.74) is 0.849. The highest BCUT2D eigenvalue weighted by molar-refractivity contribution is 5.45. The van der Waals surface area contributed by atoms with E-state index in [-0.39, 0.29) is 6.79 Å². The van der Waals surface area contributed by atoms with Crippen molar-refractivity contribution in [3.05, 3.63) is 23.8 Å². The molecule has 2 N–H and O–H groups in total. The maximum absolute atomic E-state index is 10.2. The van der Waals surface area contributed by atoms with Crippen molar-refractivity contribution in [2.75, 3.05) is 34.0 Å². The van der Waals surface area contributed by atoms with Gasteiger partial charge in [0.25, 0.3) is 0 Å². The van der Waals surface area contributed by atoms with Gasteiger partial charge in [-0.15, -0.1) is 0 Å². The minimum absolute atomic E-state index is 0.259. The van der Waals surface area contributed by atoms with Gasteiger partial charge in [-0.3, -0.25) is 0 Å². The molecule has 0 radical (unpaired) electrons. The summed E-state index contributed by atoms with van der Waals surface area (Å²) in [6.45, 7) is 3.97. The molecular weight excluding hydrogens is 256 g/mol. The Morgan fingerprint density at radius 2 is 2.05 bits per heavy atom. The molecule has 1 aliphatic rings. The highest BCUT2D eigenvalue weighted by Gasteiger charge is 2.16. The number of hydrogen-bond donors (Lipinski definition) is 2. The summed E-state index contributed by atoms with van der Waals surface area (Å²) in [6.07, 6.45) is 0.521. The first-order valence-corrected chi connectivity index (χ1v) is 7.02. The Hall–Kier alpha value is -1.30. The van der Waals surface area contributed by atoms with Crippen LogP contribution in [0.2, 0.25) is 0 Å². The number of aliphatic hydroxyl groups is 1. The third-order valence-electron chi connectivity index (χ3n) is 3.45. The summed E-state index contributed by atoms with van der Waals surface area (Å²) >= 11 is 0. The highest BCUT2D eigenvalue weighted by Crippen LogP contribution is 2.34. The minimum atomic E-state index is -0.536. The molecule has 1 aromatic rings. The molecule has 0 saturated heterocycles. The monoisotopic (exact) mass is 280 g/mol.